The summed E-state index contributed by atoms with van der Waals surface area (Å²) in [4.78, 5) is 57.7. The van der Waals surface area contributed by atoms with Crippen LogP contribution in [-0.2, 0) is 14.3 Å². The SMILES string of the molecule is O=C(COC(=O)c1cc(-c2ccc(N3C(=O)C4CC=CCC4C3=O)cc2)nc2ccc(Br)cc12)c1ccccc1. The van der Waals surface area contributed by atoms with Gasteiger partial charge in [0.25, 0.3) is 0 Å². The summed E-state index contributed by atoms with van der Waals surface area (Å²) in [6, 6.07) is 22.7. The van der Waals surface area contributed by atoms with Crippen molar-refractivity contribution < 1.29 is 23.9 Å². The van der Waals surface area contributed by atoms with E-state index < -0.39 is 5.97 Å². The molecule has 0 bridgehead atoms. The van der Waals surface area contributed by atoms with Crippen molar-refractivity contribution in [3.8, 4) is 11.3 Å². The second-order valence-corrected chi connectivity index (χ2v) is 10.7. The van der Waals surface area contributed by atoms with Gasteiger partial charge in [0.2, 0.25) is 11.8 Å². The number of carbonyl (C=O) groups excluding carboxylic acids is 4. The third kappa shape index (κ3) is 4.75. The van der Waals surface area contributed by atoms with Crippen molar-refractivity contribution in [1.82, 2.24) is 4.98 Å². The first kappa shape index (κ1) is 25.8. The van der Waals surface area contributed by atoms with E-state index in [2.05, 4.69) is 15.9 Å². The number of amides is 2. The largest absolute Gasteiger partial charge is 0.454 e. The minimum absolute atomic E-state index is 0.170. The fourth-order valence-electron chi connectivity index (χ4n) is 5.27. The molecule has 0 N–H and O–H groups in total. The molecular formula is C32H23BrN2O5. The number of imide groups is 1. The fourth-order valence-corrected chi connectivity index (χ4v) is 5.63. The van der Waals surface area contributed by atoms with Gasteiger partial charge in [-0.25, -0.2) is 9.78 Å². The van der Waals surface area contributed by atoms with Crippen LogP contribution in [-0.4, -0.2) is 35.2 Å². The van der Waals surface area contributed by atoms with Crippen LogP contribution in [0.1, 0.15) is 33.6 Å². The van der Waals surface area contributed by atoms with Gasteiger partial charge in [-0.3, -0.25) is 19.3 Å². The Morgan fingerprint density at radius 2 is 1.55 bits per heavy atom. The summed E-state index contributed by atoms with van der Waals surface area (Å²) >= 11 is 3.45. The number of hydrogen-bond acceptors (Lipinski definition) is 6. The van der Waals surface area contributed by atoms with E-state index in [1.54, 1.807) is 66.7 Å². The summed E-state index contributed by atoms with van der Waals surface area (Å²) in [5.74, 6) is -1.89. The molecule has 1 aliphatic carbocycles. The molecule has 6 rings (SSSR count). The molecule has 2 amide bonds. The number of aromatic nitrogens is 1. The van der Waals surface area contributed by atoms with Crippen molar-refractivity contribution in [3.05, 3.63) is 107 Å². The maximum absolute atomic E-state index is 13.2. The number of pyridine rings is 1. The molecule has 4 aromatic rings. The van der Waals surface area contributed by atoms with Crippen molar-refractivity contribution in [2.75, 3.05) is 11.5 Å². The number of halogens is 1. The number of rotatable bonds is 6. The normalized spacial score (nSPS) is 18.2. The van der Waals surface area contributed by atoms with Crippen molar-refractivity contribution in [3.63, 3.8) is 0 Å². The topological polar surface area (TPSA) is 93.6 Å². The number of ether oxygens (including phenoxy) is 1. The number of allylic oxidation sites excluding steroid dienone is 2. The van der Waals surface area contributed by atoms with E-state index >= 15 is 0 Å². The Hall–Kier alpha value is -4.43. The molecule has 0 radical (unpaired) electrons. The lowest BCUT2D eigenvalue weighted by Gasteiger charge is -2.15. The minimum Gasteiger partial charge on any atom is -0.454 e. The van der Waals surface area contributed by atoms with E-state index in [0.29, 0.717) is 46.3 Å². The molecule has 1 aromatic heterocycles. The highest BCUT2D eigenvalue weighted by atomic mass is 79.9. The fraction of sp³-hybridized carbons (Fsp3) is 0.156. The van der Waals surface area contributed by atoms with Crippen LogP contribution in [0.25, 0.3) is 22.2 Å². The van der Waals surface area contributed by atoms with Crippen LogP contribution in [0.4, 0.5) is 5.69 Å². The lowest BCUT2D eigenvalue weighted by atomic mass is 9.85. The quantitative estimate of drug-likeness (QED) is 0.115. The van der Waals surface area contributed by atoms with Crippen LogP contribution >= 0.6 is 15.9 Å². The first-order valence-corrected chi connectivity index (χ1v) is 13.7. The molecule has 2 atom stereocenters. The molecule has 1 fully saturated rings. The Balaban J connectivity index is 1.29. The molecule has 0 saturated carbocycles. The van der Waals surface area contributed by atoms with Gasteiger partial charge < -0.3 is 4.74 Å². The number of Topliss-reactive ketones (excluding diaryl/α,β-unsaturated/α-hetero) is 1. The van der Waals surface area contributed by atoms with Gasteiger partial charge in [0.15, 0.2) is 12.4 Å². The van der Waals surface area contributed by atoms with Crippen molar-refractivity contribution in [2.45, 2.75) is 12.8 Å². The summed E-state index contributed by atoms with van der Waals surface area (Å²) in [7, 11) is 0. The molecule has 2 aliphatic rings. The Kier molecular flexibility index (Phi) is 6.86. The van der Waals surface area contributed by atoms with Crippen molar-refractivity contribution in [1.29, 1.82) is 0 Å². The van der Waals surface area contributed by atoms with E-state index in [0.717, 1.165) is 4.47 Å². The predicted octanol–water partition coefficient (Wildman–Crippen LogP) is 6.16. The second-order valence-electron chi connectivity index (χ2n) is 9.80. The van der Waals surface area contributed by atoms with Crippen LogP contribution in [0.3, 0.4) is 0 Å². The molecule has 2 unspecified atom stereocenters. The van der Waals surface area contributed by atoms with Crippen molar-refractivity contribution in [2.24, 2.45) is 11.8 Å². The third-order valence-electron chi connectivity index (χ3n) is 7.35. The highest BCUT2D eigenvalue weighted by Gasteiger charge is 2.47. The monoisotopic (exact) mass is 594 g/mol. The molecule has 198 valence electrons. The van der Waals surface area contributed by atoms with Gasteiger partial charge in [0.05, 0.1) is 34.3 Å². The average Bonchev–Trinajstić information content (AvgIpc) is 3.25. The lowest BCUT2D eigenvalue weighted by Crippen LogP contribution is -2.30. The Labute approximate surface area is 238 Å². The summed E-state index contributed by atoms with van der Waals surface area (Å²) < 4.78 is 6.19. The first-order valence-electron chi connectivity index (χ1n) is 12.9. The molecule has 7 nitrogen and oxygen atoms in total. The van der Waals surface area contributed by atoms with Gasteiger partial charge in [0.1, 0.15) is 0 Å². The van der Waals surface area contributed by atoms with E-state index in [1.165, 1.54) is 4.90 Å². The minimum atomic E-state index is -0.642. The lowest BCUT2D eigenvalue weighted by molar-refractivity contribution is -0.122. The summed E-state index contributed by atoms with van der Waals surface area (Å²) in [6.45, 7) is -0.389. The van der Waals surface area contributed by atoms with Gasteiger partial charge in [-0.15, -0.1) is 0 Å². The number of anilines is 1. The molecule has 1 saturated heterocycles. The second kappa shape index (κ2) is 10.6. The van der Waals surface area contributed by atoms with Crippen LogP contribution < -0.4 is 4.90 Å². The van der Waals surface area contributed by atoms with E-state index in [9.17, 15) is 19.2 Å². The number of nitrogens with zero attached hydrogens (tertiary/aromatic N) is 2. The Morgan fingerprint density at radius 1 is 0.875 bits per heavy atom. The smallest absolute Gasteiger partial charge is 0.339 e. The molecule has 2 heterocycles. The van der Waals surface area contributed by atoms with Gasteiger partial charge in [-0.05, 0) is 49.2 Å². The van der Waals surface area contributed by atoms with Crippen LogP contribution in [0.5, 0.6) is 0 Å². The van der Waals surface area contributed by atoms with Gasteiger partial charge in [-0.1, -0.05) is 70.5 Å². The van der Waals surface area contributed by atoms with Crippen molar-refractivity contribution >= 4 is 56.1 Å². The zero-order valence-corrected chi connectivity index (χ0v) is 22.8. The van der Waals surface area contributed by atoms with Gasteiger partial charge in [0, 0.05) is 21.0 Å². The first-order chi connectivity index (χ1) is 19.4. The van der Waals surface area contributed by atoms with Crippen LogP contribution in [0, 0.1) is 11.8 Å². The third-order valence-corrected chi connectivity index (χ3v) is 7.84. The summed E-state index contributed by atoms with van der Waals surface area (Å²) in [5, 5.41) is 0.580. The number of benzene rings is 3. The predicted molar refractivity (Wildman–Crippen MR) is 154 cm³/mol. The zero-order valence-electron chi connectivity index (χ0n) is 21.2. The molecular weight excluding hydrogens is 572 g/mol. The number of ketones is 1. The van der Waals surface area contributed by atoms with E-state index in [4.69, 9.17) is 9.72 Å². The van der Waals surface area contributed by atoms with Gasteiger partial charge in [-0.2, -0.15) is 0 Å². The number of hydrogen-bond donors (Lipinski definition) is 0. The van der Waals surface area contributed by atoms with Crippen LogP contribution in [0.2, 0.25) is 0 Å². The molecule has 40 heavy (non-hydrogen) atoms. The standard InChI is InChI=1S/C32H23BrN2O5/c33-21-12-15-27-25(16-21)26(32(39)40-18-29(36)20-6-2-1-3-7-20)17-28(34-27)19-10-13-22(14-11-19)35-30(37)23-8-4-5-9-24(23)31(35)38/h1-7,10-17,23-24H,8-9,18H2. The highest BCUT2D eigenvalue weighted by Crippen LogP contribution is 2.38. The molecule has 3 aromatic carbocycles. The molecule has 1 aliphatic heterocycles. The summed E-state index contributed by atoms with van der Waals surface area (Å²) in [6.07, 6.45) is 5.08. The Bertz CT molecular complexity index is 1670. The summed E-state index contributed by atoms with van der Waals surface area (Å²) in [5.41, 5.74) is 3.03. The van der Waals surface area contributed by atoms with Crippen LogP contribution in [0.15, 0.2) is 95.5 Å². The van der Waals surface area contributed by atoms with E-state index in [-0.39, 0.29) is 41.6 Å². The number of fused-ring (bicyclic) bond motifs is 2. The average molecular weight is 595 g/mol. The van der Waals surface area contributed by atoms with E-state index in [1.807, 2.05) is 24.3 Å². The number of carbonyl (C=O) groups is 4. The maximum Gasteiger partial charge on any atom is 0.339 e. The Morgan fingerprint density at radius 3 is 2.23 bits per heavy atom. The van der Waals surface area contributed by atoms with Gasteiger partial charge >= 0.3 is 5.97 Å². The highest BCUT2D eigenvalue weighted by molar-refractivity contribution is 9.10. The molecule has 8 heteroatoms. The number of esters is 1. The molecule has 0 spiro atoms. The zero-order chi connectivity index (χ0) is 27.8. The maximum atomic E-state index is 13.2.